The Kier molecular flexibility index (Phi) is 5.97. The lowest BCUT2D eigenvalue weighted by Crippen LogP contribution is -2.30. The summed E-state index contributed by atoms with van der Waals surface area (Å²) < 4.78 is 2.01. The maximum Gasteiger partial charge on any atom is 0.305 e. The molecule has 1 aliphatic heterocycles. The lowest BCUT2D eigenvalue weighted by atomic mass is 10.1. The van der Waals surface area contributed by atoms with Crippen molar-refractivity contribution in [2.45, 2.75) is 13.3 Å². The van der Waals surface area contributed by atoms with Crippen LogP contribution in [0.5, 0.6) is 0 Å². The monoisotopic (exact) mass is 450 g/mol. The molecule has 3 aromatic rings. The van der Waals surface area contributed by atoms with Crippen molar-refractivity contribution in [2.24, 2.45) is 0 Å². The van der Waals surface area contributed by atoms with E-state index in [0.717, 1.165) is 28.6 Å². The third kappa shape index (κ3) is 4.57. The molecule has 0 atom stereocenters. The Bertz CT molecular complexity index is 1190. The number of carbonyl (C=O) groups excluding carboxylic acids is 1. The molecule has 1 aromatic heterocycles. The van der Waals surface area contributed by atoms with Crippen LogP contribution < -0.4 is 0 Å². The maximum absolute atomic E-state index is 12.8. The summed E-state index contributed by atoms with van der Waals surface area (Å²) in [4.78, 5) is 30.0. The topological polar surface area (TPSA) is 88.3 Å². The van der Waals surface area contributed by atoms with Gasteiger partial charge in [-0.3, -0.25) is 14.5 Å². The zero-order valence-electron chi connectivity index (χ0n) is 16.6. The number of carboxylic acids is 1. The van der Waals surface area contributed by atoms with E-state index >= 15 is 0 Å². The van der Waals surface area contributed by atoms with Gasteiger partial charge in [0, 0.05) is 18.2 Å². The first-order chi connectivity index (χ1) is 14.9. The molecule has 156 valence electrons. The van der Waals surface area contributed by atoms with Gasteiger partial charge in [0.1, 0.15) is 4.32 Å². The first-order valence-electron chi connectivity index (χ1n) is 9.49. The Morgan fingerprint density at radius 1 is 1.16 bits per heavy atom. The van der Waals surface area contributed by atoms with Gasteiger partial charge in [-0.25, -0.2) is 9.67 Å². The highest BCUT2D eigenvalue weighted by atomic mass is 32.2. The molecule has 0 spiro atoms. The number of thioether (sulfide) groups is 1. The van der Waals surface area contributed by atoms with Crippen molar-refractivity contribution in [3.63, 3.8) is 0 Å². The summed E-state index contributed by atoms with van der Waals surface area (Å²) >= 11 is 6.41. The number of aromatic nitrogens is 3. The largest absolute Gasteiger partial charge is 0.481 e. The van der Waals surface area contributed by atoms with Crippen molar-refractivity contribution >= 4 is 46.3 Å². The molecule has 0 aliphatic carbocycles. The fraction of sp³-hybridized carbons (Fsp3) is 0.136. The molecule has 7 nitrogen and oxygen atoms in total. The van der Waals surface area contributed by atoms with Gasteiger partial charge in [0.2, 0.25) is 0 Å². The molecule has 1 saturated heterocycles. The highest BCUT2D eigenvalue weighted by molar-refractivity contribution is 8.26. The molecule has 1 aliphatic rings. The van der Waals surface area contributed by atoms with E-state index in [9.17, 15) is 9.59 Å². The minimum absolute atomic E-state index is 0.0390. The number of aryl methyl sites for hydroxylation is 1. The van der Waals surface area contributed by atoms with E-state index in [4.69, 9.17) is 17.3 Å². The van der Waals surface area contributed by atoms with Crippen LogP contribution in [0.2, 0.25) is 0 Å². The zero-order chi connectivity index (χ0) is 22.0. The Balaban J connectivity index is 1.73. The Morgan fingerprint density at radius 3 is 2.55 bits per heavy atom. The second-order valence-electron chi connectivity index (χ2n) is 6.88. The lowest BCUT2D eigenvalue weighted by Gasteiger charge is -2.12. The minimum Gasteiger partial charge on any atom is -0.481 e. The summed E-state index contributed by atoms with van der Waals surface area (Å²) in [5.74, 6) is -0.280. The van der Waals surface area contributed by atoms with E-state index in [0.29, 0.717) is 20.9 Å². The zero-order valence-corrected chi connectivity index (χ0v) is 18.2. The van der Waals surface area contributed by atoms with Crippen molar-refractivity contribution in [2.75, 3.05) is 6.54 Å². The van der Waals surface area contributed by atoms with Crippen LogP contribution in [-0.2, 0) is 9.59 Å². The van der Waals surface area contributed by atoms with E-state index in [-0.39, 0.29) is 18.9 Å². The Morgan fingerprint density at radius 2 is 1.87 bits per heavy atom. The highest BCUT2D eigenvalue weighted by Crippen LogP contribution is 2.33. The Labute approximate surface area is 188 Å². The number of nitrogens with zero attached hydrogens (tertiary/aromatic N) is 4. The van der Waals surface area contributed by atoms with E-state index in [1.54, 1.807) is 10.8 Å². The van der Waals surface area contributed by atoms with Crippen LogP contribution >= 0.6 is 24.0 Å². The number of rotatable bonds is 6. The molecule has 9 heteroatoms. The smallest absolute Gasteiger partial charge is 0.305 e. The fourth-order valence-corrected chi connectivity index (χ4v) is 4.30. The van der Waals surface area contributed by atoms with E-state index in [1.165, 1.54) is 4.90 Å². The first-order valence-corrected chi connectivity index (χ1v) is 10.7. The van der Waals surface area contributed by atoms with Crippen LogP contribution in [0.4, 0.5) is 0 Å². The van der Waals surface area contributed by atoms with Crippen molar-refractivity contribution in [3.05, 3.63) is 70.9 Å². The van der Waals surface area contributed by atoms with Crippen LogP contribution in [0.3, 0.4) is 0 Å². The average Bonchev–Trinajstić information content (AvgIpc) is 3.29. The molecule has 31 heavy (non-hydrogen) atoms. The molecule has 1 fully saturated rings. The molecular formula is C22H18N4O3S2. The second kappa shape index (κ2) is 8.83. The van der Waals surface area contributed by atoms with Crippen LogP contribution in [0, 0.1) is 6.92 Å². The van der Waals surface area contributed by atoms with E-state index < -0.39 is 5.97 Å². The number of para-hydroxylation sites is 1. The van der Waals surface area contributed by atoms with Crippen molar-refractivity contribution < 1.29 is 14.7 Å². The third-order valence-electron chi connectivity index (χ3n) is 4.63. The van der Waals surface area contributed by atoms with Crippen molar-refractivity contribution in [1.82, 2.24) is 19.7 Å². The van der Waals surface area contributed by atoms with Gasteiger partial charge >= 0.3 is 5.97 Å². The van der Waals surface area contributed by atoms with Gasteiger partial charge < -0.3 is 5.11 Å². The first kappa shape index (κ1) is 21.0. The fourth-order valence-electron chi connectivity index (χ4n) is 3.02. The van der Waals surface area contributed by atoms with Gasteiger partial charge in [-0.2, -0.15) is 0 Å². The molecule has 0 saturated carbocycles. The van der Waals surface area contributed by atoms with E-state index in [2.05, 4.69) is 10.1 Å². The summed E-state index contributed by atoms with van der Waals surface area (Å²) in [6.07, 6.45) is 1.48. The van der Waals surface area contributed by atoms with Crippen LogP contribution in [0.25, 0.3) is 23.2 Å². The van der Waals surface area contributed by atoms with Gasteiger partial charge in [0.05, 0.1) is 17.0 Å². The predicted octanol–water partition coefficient (Wildman–Crippen LogP) is 3.92. The molecule has 2 aromatic carbocycles. The lowest BCUT2D eigenvalue weighted by molar-refractivity contribution is -0.137. The van der Waals surface area contributed by atoms with Gasteiger partial charge in [-0.15, -0.1) is 5.10 Å². The molecule has 1 N–H and O–H groups in total. The highest BCUT2D eigenvalue weighted by Gasteiger charge is 2.32. The number of carbonyl (C=O) groups is 2. The third-order valence-corrected chi connectivity index (χ3v) is 6.00. The SMILES string of the molecule is Cc1ccc(-c2nc(/C=C3/SC(=S)N(CCC(=O)O)C3=O)n(-c3ccccc3)n2)cc1. The number of benzene rings is 2. The van der Waals surface area contributed by atoms with Gasteiger partial charge in [0.25, 0.3) is 5.91 Å². The van der Waals surface area contributed by atoms with Crippen LogP contribution in [0.1, 0.15) is 17.8 Å². The molecule has 4 rings (SSSR count). The minimum atomic E-state index is -0.982. The van der Waals surface area contributed by atoms with Crippen molar-refractivity contribution in [1.29, 1.82) is 0 Å². The number of carboxylic acid groups (broad SMARTS) is 1. The van der Waals surface area contributed by atoms with Gasteiger partial charge in [-0.1, -0.05) is 72.0 Å². The quantitative estimate of drug-likeness (QED) is 0.450. The average molecular weight is 451 g/mol. The number of amides is 1. The van der Waals surface area contributed by atoms with Gasteiger partial charge in [-0.05, 0) is 19.1 Å². The summed E-state index contributed by atoms with van der Waals surface area (Å²) in [6, 6.07) is 17.4. The molecule has 0 bridgehead atoms. The standard InChI is InChI=1S/C22H18N4O3S2/c1-14-7-9-15(10-8-14)20-23-18(26(24-20)16-5-3-2-4-6-16)13-17-21(29)25(22(30)31-17)12-11-19(27)28/h2-10,13H,11-12H2,1H3,(H,27,28)/b17-13+. The number of hydrogen-bond acceptors (Lipinski definition) is 6. The Hall–Kier alpha value is -3.30. The molecule has 2 heterocycles. The van der Waals surface area contributed by atoms with Gasteiger partial charge in [0.15, 0.2) is 11.6 Å². The predicted molar refractivity (Wildman–Crippen MR) is 124 cm³/mol. The van der Waals surface area contributed by atoms with Crippen LogP contribution in [-0.4, -0.2) is 47.5 Å². The molecule has 1 amide bonds. The normalized spacial score (nSPS) is 15.1. The van der Waals surface area contributed by atoms with Crippen molar-refractivity contribution in [3.8, 4) is 17.1 Å². The summed E-state index contributed by atoms with van der Waals surface area (Å²) in [6.45, 7) is 2.05. The summed E-state index contributed by atoms with van der Waals surface area (Å²) in [5, 5.41) is 13.6. The maximum atomic E-state index is 12.8. The molecule has 0 radical (unpaired) electrons. The van der Waals surface area contributed by atoms with E-state index in [1.807, 2.05) is 61.5 Å². The number of thiocarbonyl (C=S) groups is 1. The number of aliphatic carboxylic acids is 1. The summed E-state index contributed by atoms with van der Waals surface area (Å²) in [7, 11) is 0. The number of hydrogen-bond donors (Lipinski definition) is 1. The summed E-state index contributed by atoms with van der Waals surface area (Å²) in [5.41, 5.74) is 2.81. The van der Waals surface area contributed by atoms with Crippen LogP contribution in [0.15, 0.2) is 59.5 Å². The molecule has 0 unspecified atom stereocenters. The molecular weight excluding hydrogens is 432 g/mol. The second-order valence-corrected chi connectivity index (χ2v) is 8.56.